The number of carbonyl (C=O) groups is 1. The highest BCUT2D eigenvalue weighted by molar-refractivity contribution is 6.33. The molecule has 2 aromatic rings. The number of pyridine rings is 2. The molecule has 144 valence electrons. The van der Waals surface area contributed by atoms with E-state index in [1.54, 1.807) is 12.3 Å². The molecule has 7 heteroatoms. The molecule has 1 saturated carbocycles. The largest absolute Gasteiger partial charge is 0.390 e. The molecule has 0 radical (unpaired) electrons. The first-order valence-corrected chi connectivity index (χ1v) is 9.86. The lowest BCUT2D eigenvalue weighted by molar-refractivity contribution is -0.0309. The molecule has 1 atom stereocenters. The van der Waals surface area contributed by atoms with Crippen LogP contribution in [-0.2, 0) is 0 Å². The highest BCUT2D eigenvalue weighted by atomic mass is 35.5. The van der Waals surface area contributed by atoms with Crippen molar-refractivity contribution >= 4 is 34.4 Å². The highest BCUT2D eigenvalue weighted by Gasteiger charge is 2.39. The molecule has 0 unspecified atom stereocenters. The van der Waals surface area contributed by atoms with Crippen LogP contribution >= 0.6 is 11.6 Å². The molecule has 0 spiro atoms. The van der Waals surface area contributed by atoms with Crippen LogP contribution in [0.1, 0.15) is 50.4 Å². The molecule has 2 aromatic heterocycles. The van der Waals surface area contributed by atoms with Gasteiger partial charge in [0.25, 0.3) is 5.91 Å². The van der Waals surface area contributed by atoms with Gasteiger partial charge in [-0.3, -0.25) is 4.79 Å². The van der Waals surface area contributed by atoms with E-state index >= 15 is 0 Å². The van der Waals surface area contributed by atoms with Gasteiger partial charge in [0, 0.05) is 30.2 Å². The van der Waals surface area contributed by atoms with E-state index in [9.17, 15) is 9.90 Å². The van der Waals surface area contributed by atoms with E-state index in [-0.39, 0.29) is 17.9 Å². The predicted octanol–water partition coefficient (Wildman–Crippen LogP) is 3.16. The summed E-state index contributed by atoms with van der Waals surface area (Å²) < 4.78 is 0. The molecular formula is C20H25ClN4O2. The van der Waals surface area contributed by atoms with E-state index in [0.717, 1.165) is 37.0 Å². The summed E-state index contributed by atoms with van der Waals surface area (Å²) in [5.74, 6) is 0.836. The smallest absolute Gasteiger partial charge is 0.253 e. The quantitative estimate of drug-likeness (QED) is 0.841. The van der Waals surface area contributed by atoms with Crippen molar-refractivity contribution in [2.75, 3.05) is 11.4 Å². The van der Waals surface area contributed by atoms with Gasteiger partial charge in [-0.25, -0.2) is 9.97 Å². The number of nitrogens with one attached hydrogen (secondary N) is 1. The predicted molar refractivity (Wildman–Crippen MR) is 106 cm³/mol. The summed E-state index contributed by atoms with van der Waals surface area (Å²) in [7, 11) is 0. The molecule has 6 nitrogen and oxygen atoms in total. The van der Waals surface area contributed by atoms with Crippen LogP contribution in [0, 0.1) is 5.92 Å². The zero-order valence-corrected chi connectivity index (χ0v) is 16.6. The van der Waals surface area contributed by atoms with Crippen LogP contribution in [0.3, 0.4) is 0 Å². The summed E-state index contributed by atoms with van der Waals surface area (Å²) in [5.41, 5.74) is 0.396. The fourth-order valence-electron chi connectivity index (χ4n) is 3.77. The van der Waals surface area contributed by atoms with Crippen molar-refractivity contribution in [2.45, 2.75) is 57.7 Å². The number of aromatic nitrogens is 2. The molecular weight excluding hydrogens is 364 g/mol. The van der Waals surface area contributed by atoms with E-state index in [0.29, 0.717) is 22.3 Å². The second-order valence-corrected chi connectivity index (χ2v) is 8.80. The molecule has 1 aliphatic carbocycles. The van der Waals surface area contributed by atoms with E-state index in [1.165, 1.54) is 0 Å². The van der Waals surface area contributed by atoms with Gasteiger partial charge in [0.1, 0.15) is 5.82 Å². The summed E-state index contributed by atoms with van der Waals surface area (Å²) in [5, 5.41) is 14.4. The summed E-state index contributed by atoms with van der Waals surface area (Å²) in [6.07, 6.45) is 4.29. The van der Waals surface area contributed by atoms with Crippen LogP contribution < -0.4 is 10.2 Å². The van der Waals surface area contributed by atoms with Gasteiger partial charge in [-0.2, -0.15) is 0 Å². The van der Waals surface area contributed by atoms with Gasteiger partial charge in [-0.05, 0) is 58.1 Å². The molecule has 0 bridgehead atoms. The number of fused-ring (bicyclic) bond motifs is 1. The fraction of sp³-hybridized carbons (Fsp3) is 0.550. The number of nitrogens with zero attached hydrogens (tertiary/aromatic N) is 3. The molecule has 2 aliphatic rings. The molecule has 2 N–H and O–H groups in total. The van der Waals surface area contributed by atoms with Crippen molar-refractivity contribution in [2.24, 2.45) is 5.92 Å². The van der Waals surface area contributed by atoms with Crippen LogP contribution in [0.5, 0.6) is 0 Å². The zero-order chi connectivity index (χ0) is 19.3. The average molecular weight is 389 g/mol. The van der Waals surface area contributed by atoms with Crippen molar-refractivity contribution in [3.63, 3.8) is 0 Å². The molecule has 0 aromatic carbocycles. The normalized spacial score (nSPS) is 25.1. The number of carbonyl (C=O) groups excluding carboxylic acids is 1. The minimum absolute atomic E-state index is 0.0987. The lowest BCUT2D eigenvalue weighted by Crippen LogP contribution is -2.50. The first kappa shape index (κ1) is 18.4. The van der Waals surface area contributed by atoms with Gasteiger partial charge in [-0.1, -0.05) is 11.6 Å². The number of halogens is 1. The van der Waals surface area contributed by atoms with E-state index in [4.69, 9.17) is 11.6 Å². The van der Waals surface area contributed by atoms with Gasteiger partial charge in [0.2, 0.25) is 0 Å². The van der Waals surface area contributed by atoms with Crippen LogP contribution in [0.4, 0.5) is 5.82 Å². The van der Waals surface area contributed by atoms with Crippen molar-refractivity contribution < 1.29 is 9.90 Å². The minimum Gasteiger partial charge on any atom is -0.390 e. The van der Waals surface area contributed by atoms with Gasteiger partial charge >= 0.3 is 0 Å². The number of hydrogen-bond donors (Lipinski definition) is 2. The maximum atomic E-state index is 12.5. The third-order valence-corrected chi connectivity index (χ3v) is 6.21. The van der Waals surface area contributed by atoms with Crippen LogP contribution in [-0.4, -0.2) is 45.2 Å². The number of aliphatic hydroxyl groups is 1. The Hall–Kier alpha value is -1.92. The number of rotatable bonds is 4. The van der Waals surface area contributed by atoms with Gasteiger partial charge in [0.05, 0.1) is 16.2 Å². The Bertz CT molecular complexity index is 889. The Labute approximate surface area is 163 Å². The maximum absolute atomic E-state index is 12.5. The summed E-state index contributed by atoms with van der Waals surface area (Å²) in [4.78, 5) is 23.7. The summed E-state index contributed by atoms with van der Waals surface area (Å²) >= 11 is 6.43. The SMILES string of the molecule is C[C@H]1CCN1c1nc2ncc(C(=O)NC3CC(C(C)(C)O)C3)cc2cc1Cl. The Morgan fingerprint density at radius 1 is 1.37 bits per heavy atom. The molecule has 1 aliphatic heterocycles. The van der Waals surface area contributed by atoms with Crippen molar-refractivity contribution in [1.82, 2.24) is 15.3 Å². The zero-order valence-electron chi connectivity index (χ0n) is 15.9. The summed E-state index contributed by atoms with van der Waals surface area (Å²) in [6, 6.07) is 4.16. The first-order chi connectivity index (χ1) is 12.7. The number of anilines is 1. The first-order valence-electron chi connectivity index (χ1n) is 9.48. The lowest BCUT2D eigenvalue weighted by atomic mass is 9.71. The number of hydrogen-bond acceptors (Lipinski definition) is 5. The maximum Gasteiger partial charge on any atom is 0.253 e. The molecule has 1 saturated heterocycles. The van der Waals surface area contributed by atoms with Gasteiger partial charge in [-0.15, -0.1) is 0 Å². The second kappa shape index (κ2) is 6.60. The molecule has 27 heavy (non-hydrogen) atoms. The molecule has 1 amide bonds. The molecule has 4 rings (SSSR count). The third-order valence-electron chi connectivity index (χ3n) is 5.93. The van der Waals surface area contributed by atoms with Crippen LogP contribution in [0.2, 0.25) is 5.02 Å². The monoisotopic (exact) mass is 388 g/mol. The molecule has 2 fully saturated rings. The topological polar surface area (TPSA) is 78.4 Å². The van der Waals surface area contributed by atoms with Crippen LogP contribution in [0.15, 0.2) is 18.3 Å². The minimum atomic E-state index is -0.695. The summed E-state index contributed by atoms with van der Waals surface area (Å²) in [6.45, 7) is 6.73. The van der Waals surface area contributed by atoms with Crippen molar-refractivity contribution in [3.8, 4) is 0 Å². The van der Waals surface area contributed by atoms with Crippen molar-refractivity contribution in [1.29, 1.82) is 0 Å². The molecule has 3 heterocycles. The second-order valence-electron chi connectivity index (χ2n) is 8.39. The van der Waals surface area contributed by atoms with Crippen LogP contribution in [0.25, 0.3) is 11.0 Å². The standard InChI is InChI=1S/C20H25ClN4O2/c1-11-4-5-25(11)18-16(21)7-12-6-13(10-22-17(12)24-18)19(26)23-15-8-14(9-15)20(2,3)27/h6-7,10-11,14-15,27H,4-5,8-9H2,1-3H3,(H,23,26)/t11-,14?,15?/m0/s1. The van der Waals surface area contributed by atoms with E-state index < -0.39 is 5.60 Å². The lowest BCUT2D eigenvalue weighted by Gasteiger charge is -2.42. The number of amides is 1. The van der Waals surface area contributed by atoms with Crippen molar-refractivity contribution in [3.05, 3.63) is 28.9 Å². The Kier molecular flexibility index (Phi) is 4.51. The van der Waals surface area contributed by atoms with E-state index in [1.807, 2.05) is 19.9 Å². The third kappa shape index (κ3) is 3.48. The average Bonchev–Trinajstić information content (AvgIpc) is 2.55. The fourth-order valence-corrected chi connectivity index (χ4v) is 4.04. The van der Waals surface area contributed by atoms with Gasteiger partial charge < -0.3 is 15.3 Å². The Morgan fingerprint density at radius 3 is 2.70 bits per heavy atom. The van der Waals surface area contributed by atoms with E-state index in [2.05, 4.69) is 27.1 Å². The highest BCUT2D eigenvalue weighted by Crippen LogP contribution is 2.36. The Morgan fingerprint density at radius 2 is 2.11 bits per heavy atom. The Balaban J connectivity index is 1.48. The van der Waals surface area contributed by atoms with Gasteiger partial charge in [0.15, 0.2) is 5.65 Å².